The molecule has 1 rings (SSSR count). The van der Waals surface area contributed by atoms with Crippen LogP contribution >= 0.6 is 15.9 Å². The molecular formula is C14H20BrN3O3. The number of hydrogen-bond donors (Lipinski definition) is 3. The number of carbonyl (C=O) groups is 2. The minimum absolute atomic E-state index is 0.134. The molecule has 6 nitrogen and oxygen atoms in total. The number of hydrogen-bond acceptors (Lipinski definition) is 4. The Hall–Kier alpha value is -1.44. The van der Waals surface area contributed by atoms with Crippen LogP contribution in [0.15, 0.2) is 28.7 Å². The second-order valence-corrected chi connectivity index (χ2v) is 5.24. The Kier molecular flexibility index (Phi) is 8.65. The van der Waals surface area contributed by atoms with Gasteiger partial charge in [0.1, 0.15) is 0 Å². The molecule has 0 atom stereocenters. The lowest BCUT2D eigenvalue weighted by Crippen LogP contribution is -2.36. The number of carbonyl (C=O) groups excluding carboxylic acids is 2. The zero-order valence-electron chi connectivity index (χ0n) is 11.9. The molecule has 0 unspecified atom stereocenters. The summed E-state index contributed by atoms with van der Waals surface area (Å²) in [7, 11) is 1.60. The van der Waals surface area contributed by atoms with Gasteiger partial charge in [0.05, 0.1) is 13.2 Å². The summed E-state index contributed by atoms with van der Waals surface area (Å²) in [5, 5.41) is 8.36. The molecule has 21 heavy (non-hydrogen) atoms. The molecule has 0 bridgehead atoms. The normalized spacial score (nSPS) is 10.2. The van der Waals surface area contributed by atoms with Gasteiger partial charge in [0.25, 0.3) is 0 Å². The fourth-order valence-corrected chi connectivity index (χ4v) is 1.78. The van der Waals surface area contributed by atoms with Crippen LogP contribution in [0, 0.1) is 0 Å². The predicted molar refractivity (Wildman–Crippen MR) is 85.1 cm³/mol. The summed E-state index contributed by atoms with van der Waals surface area (Å²) < 4.78 is 5.80. The van der Waals surface area contributed by atoms with E-state index in [0.717, 1.165) is 10.2 Å². The lowest BCUT2D eigenvalue weighted by Gasteiger charge is -2.07. The summed E-state index contributed by atoms with van der Waals surface area (Å²) in [5.41, 5.74) is 0.732. The molecular weight excluding hydrogens is 338 g/mol. The molecule has 3 N–H and O–H groups in total. The third-order valence-electron chi connectivity index (χ3n) is 2.57. The van der Waals surface area contributed by atoms with E-state index in [4.69, 9.17) is 4.74 Å². The average molecular weight is 358 g/mol. The van der Waals surface area contributed by atoms with Crippen LogP contribution in [0.2, 0.25) is 0 Å². The number of rotatable bonds is 9. The third-order valence-corrected chi connectivity index (χ3v) is 3.10. The van der Waals surface area contributed by atoms with Gasteiger partial charge in [-0.1, -0.05) is 15.9 Å². The van der Waals surface area contributed by atoms with Crippen LogP contribution in [0.1, 0.15) is 6.42 Å². The quantitative estimate of drug-likeness (QED) is 0.579. The summed E-state index contributed by atoms with van der Waals surface area (Å²) in [4.78, 5) is 23.1. The van der Waals surface area contributed by atoms with E-state index in [-0.39, 0.29) is 24.8 Å². The Labute approximate surface area is 132 Å². The molecule has 1 aromatic rings. The lowest BCUT2D eigenvalue weighted by molar-refractivity contribution is -0.120. The van der Waals surface area contributed by atoms with Gasteiger partial charge in [-0.05, 0) is 24.3 Å². The highest BCUT2D eigenvalue weighted by molar-refractivity contribution is 9.10. The number of methoxy groups -OCH3 is 1. The predicted octanol–water partition coefficient (Wildman–Crippen LogP) is 1.13. The van der Waals surface area contributed by atoms with Crippen LogP contribution in [-0.4, -0.2) is 45.2 Å². The van der Waals surface area contributed by atoms with Gasteiger partial charge in [-0.2, -0.15) is 0 Å². The Balaban J connectivity index is 2.12. The molecule has 0 fully saturated rings. The van der Waals surface area contributed by atoms with Crippen molar-refractivity contribution >= 4 is 33.4 Å². The Morgan fingerprint density at radius 2 is 1.86 bits per heavy atom. The van der Waals surface area contributed by atoms with Crippen molar-refractivity contribution in [1.29, 1.82) is 0 Å². The summed E-state index contributed by atoms with van der Waals surface area (Å²) in [6, 6.07) is 7.31. The largest absolute Gasteiger partial charge is 0.383 e. The highest BCUT2D eigenvalue weighted by Gasteiger charge is 2.04. The zero-order valence-corrected chi connectivity index (χ0v) is 13.5. The fourth-order valence-electron chi connectivity index (χ4n) is 1.51. The average Bonchev–Trinajstić information content (AvgIpc) is 2.46. The molecule has 0 spiro atoms. The van der Waals surface area contributed by atoms with Crippen LogP contribution in [0.4, 0.5) is 5.69 Å². The van der Waals surface area contributed by atoms with E-state index in [9.17, 15) is 9.59 Å². The molecule has 1 aromatic carbocycles. The van der Waals surface area contributed by atoms with Crippen molar-refractivity contribution in [2.75, 3.05) is 38.7 Å². The van der Waals surface area contributed by atoms with E-state index in [1.807, 2.05) is 12.1 Å². The molecule has 7 heteroatoms. The number of amides is 2. The monoisotopic (exact) mass is 357 g/mol. The first kappa shape index (κ1) is 17.6. The molecule has 0 saturated carbocycles. The first-order valence-corrected chi connectivity index (χ1v) is 7.43. The van der Waals surface area contributed by atoms with Gasteiger partial charge in [-0.25, -0.2) is 0 Å². The molecule has 0 aliphatic rings. The van der Waals surface area contributed by atoms with Crippen molar-refractivity contribution in [3.05, 3.63) is 28.7 Å². The molecule has 0 aromatic heterocycles. The van der Waals surface area contributed by atoms with E-state index in [1.165, 1.54) is 0 Å². The van der Waals surface area contributed by atoms with Crippen molar-refractivity contribution in [2.24, 2.45) is 0 Å². The van der Waals surface area contributed by atoms with Crippen molar-refractivity contribution in [3.63, 3.8) is 0 Å². The molecule has 2 amide bonds. The highest BCUT2D eigenvalue weighted by atomic mass is 79.9. The maximum atomic E-state index is 11.7. The van der Waals surface area contributed by atoms with Crippen LogP contribution in [0.25, 0.3) is 0 Å². The summed E-state index contributed by atoms with van der Waals surface area (Å²) in [6.07, 6.45) is 0.236. The van der Waals surface area contributed by atoms with E-state index in [0.29, 0.717) is 19.7 Å². The summed E-state index contributed by atoms with van der Waals surface area (Å²) in [6.45, 7) is 1.71. The van der Waals surface area contributed by atoms with E-state index >= 15 is 0 Å². The fraction of sp³-hybridized carbons (Fsp3) is 0.429. The number of halogens is 1. The second-order valence-electron chi connectivity index (χ2n) is 4.32. The van der Waals surface area contributed by atoms with Crippen molar-refractivity contribution in [3.8, 4) is 0 Å². The molecule has 0 radical (unpaired) electrons. The molecule has 0 aliphatic carbocycles. The molecule has 0 saturated heterocycles. The first-order chi connectivity index (χ1) is 10.1. The van der Waals surface area contributed by atoms with Gasteiger partial charge < -0.3 is 20.7 Å². The van der Waals surface area contributed by atoms with Crippen LogP contribution in [0.5, 0.6) is 0 Å². The number of benzene rings is 1. The zero-order chi connectivity index (χ0) is 15.5. The number of nitrogens with one attached hydrogen (secondary N) is 3. The van der Waals surface area contributed by atoms with Crippen LogP contribution in [-0.2, 0) is 14.3 Å². The van der Waals surface area contributed by atoms with Crippen LogP contribution in [0.3, 0.4) is 0 Å². The minimum Gasteiger partial charge on any atom is -0.383 e. The molecule has 0 aliphatic heterocycles. The van der Waals surface area contributed by atoms with Gasteiger partial charge in [0.15, 0.2) is 0 Å². The standard InChI is InChI=1S/C14H20BrN3O3/c1-21-9-8-16-10-14(20)17-7-6-13(19)18-12-4-2-11(15)3-5-12/h2-5,16H,6-10H2,1H3,(H,17,20)(H,18,19). The highest BCUT2D eigenvalue weighted by Crippen LogP contribution is 2.14. The number of ether oxygens (including phenoxy) is 1. The topological polar surface area (TPSA) is 79.5 Å². The Bertz CT molecular complexity index is 451. The van der Waals surface area contributed by atoms with Gasteiger partial charge >= 0.3 is 0 Å². The summed E-state index contributed by atoms with van der Waals surface area (Å²) in [5.74, 6) is -0.271. The van der Waals surface area contributed by atoms with Gasteiger partial charge in [0, 0.05) is 36.8 Å². The maximum absolute atomic E-state index is 11.7. The van der Waals surface area contributed by atoms with E-state index in [1.54, 1.807) is 19.2 Å². The SMILES string of the molecule is COCCNCC(=O)NCCC(=O)Nc1ccc(Br)cc1. The molecule has 116 valence electrons. The Morgan fingerprint density at radius 3 is 2.52 bits per heavy atom. The van der Waals surface area contributed by atoms with E-state index < -0.39 is 0 Å². The van der Waals surface area contributed by atoms with E-state index in [2.05, 4.69) is 31.9 Å². The number of anilines is 1. The van der Waals surface area contributed by atoms with Crippen molar-refractivity contribution < 1.29 is 14.3 Å². The Morgan fingerprint density at radius 1 is 1.14 bits per heavy atom. The third kappa shape index (κ3) is 8.44. The molecule has 0 heterocycles. The van der Waals surface area contributed by atoms with Gasteiger partial charge in [-0.3, -0.25) is 9.59 Å². The lowest BCUT2D eigenvalue weighted by atomic mass is 10.3. The minimum atomic E-state index is -0.137. The smallest absolute Gasteiger partial charge is 0.233 e. The first-order valence-electron chi connectivity index (χ1n) is 6.63. The maximum Gasteiger partial charge on any atom is 0.233 e. The summed E-state index contributed by atoms with van der Waals surface area (Å²) >= 11 is 3.33. The van der Waals surface area contributed by atoms with Gasteiger partial charge in [-0.15, -0.1) is 0 Å². The van der Waals surface area contributed by atoms with Crippen molar-refractivity contribution in [1.82, 2.24) is 10.6 Å². The van der Waals surface area contributed by atoms with Crippen molar-refractivity contribution in [2.45, 2.75) is 6.42 Å². The second kappa shape index (κ2) is 10.3. The van der Waals surface area contributed by atoms with Gasteiger partial charge in [0.2, 0.25) is 11.8 Å². The van der Waals surface area contributed by atoms with Crippen LogP contribution < -0.4 is 16.0 Å².